The van der Waals surface area contributed by atoms with E-state index in [1.807, 2.05) is 71.6 Å². The van der Waals surface area contributed by atoms with E-state index in [2.05, 4.69) is 10.6 Å². The number of nitrogens with two attached hydrogens (primary N) is 1. The van der Waals surface area contributed by atoms with Gasteiger partial charge < -0.3 is 21.3 Å². The van der Waals surface area contributed by atoms with Gasteiger partial charge in [-0.2, -0.15) is 0 Å². The van der Waals surface area contributed by atoms with Gasteiger partial charge in [0.05, 0.1) is 6.04 Å². The van der Waals surface area contributed by atoms with Crippen LogP contribution in [0.2, 0.25) is 5.02 Å². The molecule has 0 bridgehead atoms. The average molecular weight is 479 g/mol. The fourth-order valence-electron chi connectivity index (χ4n) is 4.39. The molecule has 0 spiro atoms. The molecule has 0 aromatic heterocycles. The molecule has 0 aliphatic carbocycles. The van der Waals surface area contributed by atoms with E-state index in [4.69, 9.17) is 17.3 Å². The Labute approximate surface area is 205 Å². The lowest BCUT2D eigenvalue weighted by Crippen LogP contribution is -2.48. The van der Waals surface area contributed by atoms with Gasteiger partial charge in [-0.25, -0.2) is 0 Å². The summed E-state index contributed by atoms with van der Waals surface area (Å²) >= 11 is 6.01. The zero-order valence-electron chi connectivity index (χ0n) is 19.2. The van der Waals surface area contributed by atoms with Gasteiger partial charge in [0.1, 0.15) is 0 Å². The Kier molecular flexibility index (Phi) is 8.16. The van der Waals surface area contributed by atoms with Crippen LogP contribution in [0.3, 0.4) is 0 Å². The lowest BCUT2D eigenvalue weighted by Gasteiger charge is -2.25. The quantitative estimate of drug-likeness (QED) is 0.460. The highest BCUT2D eigenvalue weighted by atomic mass is 35.5. The zero-order chi connectivity index (χ0) is 23.9. The fourth-order valence-corrected chi connectivity index (χ4v) is 4.51. The first kappa shape index (κ1) is 24.2. The maximum Gasteiger partial charge on any atom is 0.251 e. The Balaban J connectivity index is 1.41. The van der Waals surface area contributed by atoms with E-state index in [1.54, 1.807) is 0 Å². The third-order valence-corrected chi connectivity index (χ3v) is 6.55. The molecule has 4 rings (SSSR count). The summed E-state index contributed by atoms with van der Waals surface area (Å²) in [5, 5.41) is 9.35. The minimum Gasteiger partial charge on any atom is -0.350 e. The number of carbonyl (C=O) groups is 2. The van der Waals surface area contributed by atoms with E-state index < -0.39 is 0 Å². The van der Waals surface area contributed by atoms with Crippen LogP contribution in [-0.2, 0) is 11.3 Å². The number of nitrogens with one attached hydrogen (secondary N) is 2. The second-order valence-corrected chi connectivity index (χ2v) is 9.23. The predicted molar refractivity (Wildman–Crippen MR) is 137 cm³/mol. The van der Waals surface area contributed by atoms with Crippen LogP contribution < -0.4 is 16.4 Å². The molecule has 0 saturated carbocycles. The number of hydrogen-bond donors (Lipinski definition) is 3. The van der Waals surface area contributed by atoms with E-state index in [0.717, 1.165) is 29.2 Å². The third kappa shape index (κ3) is 6.14. The number of hydrogen-bond acceptors (Lipinski definition) is 4. The van der Waals surface area contributed by atoms with Crippen molar-refractivity contribution in [3.8, 4) is 0 Å². The normalized spacial score (nSPS) is 18.6. The lowest BCUT2D eigenvalue weighted by molar-refractivity contribution is -0.133. The van der Waals surface area contributed by atoms with Crippen LogP contribution >= 0.6 is 11.6 Å². The van der Waals surface area contributed by atoms with Gasteiger partial charge in [-0.3, -0.25) is 9.59 Å². The number of nitrogens with zero attached hydrogens (tertiary/aromatic N) is 1. The van der Waals surface area contributed by atoms with Gasteiger partial charge in [0.2, 0.25) is 5.91 Å². The van der Waals surface area contributed by atoms with Gasteiger partial charge in [0.25, 0.3) is 5.91 Å². The fraction of sp³-hybridized carbons (Fsp3) is 0.333. The molecule has 3 aromatic carbocycles. The smallest absolute Gasteiger partial charge is 0.251 e. The second-order valence-electron chi connectivity index (χ2n) is 8.79. The molecule has 1 fully saturated rings. The standard InChI is InChI=1S/C27H31ClN4O2/c28-23-11-7-19(8-12-23)18-32-15-13-24(31-25(27(32)34)6-3-14-29)17-30-26(33)22-10-9-20-4-1-2-5-21(20)16-22/h1-2,4-5,7-12,16,24-25,31H,3,6,13-15,17-18,29H2,(H,30,33)/t24-,25-/m0/s1. The van der Waals surface area contributed by atoms with Crippen molar-refractivity contribution in [2.24, 2.45) is 5.73 Å². The van der Waals surface area contributed by atoms with Crippen LogP contribution in [0.5, 0.6) is 0 Å². The van der Waals surface area contributed by atoms with Gasteiger partial charge >= 0.3 is 0 Å². The van der Waals surface area contributed by atoms with Crippen molar-refractivity contribution in [3.63, 3.8) is 0 Å². The van der Waals surface area contributed by atoms with Gasteiger partial charge in [-0.15, -0.1) is 0 Å². The summed E-state index contributed by atoms with van der Waals surface area (Å²) < 4.78 is 0. The van der Waals surface area contributed by atoms with Crippen LogP contribution in [0.4, 0.5) is 0 Å². The van der Waals surface area contributed by atoms with E-state index in [1.165, 1.54) is 0 Å². The molecule has 4 N–H and O–H groups in total. The summed E-state index contributed by atoms with van der Waals surface area (Å²) in [5.74, 6) is -0.0357. The van der Waals surface area contributed by atoms with Crippen molar-refractivity contribution in [1.82, 2.24) is 15.5 Å². The second kappa shape index (κ2) is 11.5. The molecule has 2 atom stereocenters. The number of carbonyl (C=O) groups excluding carboxylic acids is 2. The van der Waals surface area contributed by atoms with Gasteiger partial charge in [-0.05, 0) is 66.4 Å². The number of amides is 2. The molecule has 2 amide bonds. The first-order valence-electron chi connectivity index (χ1n) is 11.8. The largest absolute Gasteiger partial charge is 0.350 e. The minimum absolute atomic E-state index is 0.00801. The van der Waals surface area contributed by atoms with E-state index >= 15 is 0 Å². The molecule has 1 saturated heterocycles. The van der Waals surface area contributed by atoms with Gasteiger partial charge in [-0.1, -0.05) is 54.1 Å². The molecule has 178 valence electrons. The van der Waals surface area contributed by atoms with Crippen LogP contribution in [-0.4, -0.2) is 48.4 Å². The topological polar surface area (TPSA) is 87.5 Å². The number of benzene rings is 3. The molecule has 1 aliphatic rings. The first-order valence-corrected chi connectivity index (χ1v) is 12.2. The number of fused-ring (bicyclic) bond motifs is 1. The molecular formula is C27H31ClN4O2. The number of halogens is 1. The van der Waals surface area contributed by atoms with Crippen molar-refractivity contribution < 1.29 is 9.59 Å². The molecule has 3 aromatic rings. The highest BCUT2D eigenvalue weighted by Crippen LogP contribution is 2.18. The first-order chi connectivity index (χ1) is 16.5. The zero-order valence-corrected chi connectivity index (χ0v) is 19.9. The van der Waals surface area contributed by atoms with Gasteiger partial charge in [0.15, 0.2) is 0 Å². The SMILES string of the molecule is NCCC[C@@H]1N[C@H](CNC(=O)c2ccc3ccccc3c2)CCN(Cc2ccc(Cl)cc2)C1=O. The van der Waals surface area contributed by atoms with Crippen molar-refractivity contribution in [1.29, 1.82) is 0 Å². The average Bonchev–Trinajstić information content (AvgIpc) is 3.01. The van der Waals surface area contributed by atoms with E-state index in [0.29, 0.717) is 43.2 Å². The summed E-state index contributed by atoms with van der Waals surface area (Å²) in [6, 6.07) is 21.0. The summed E-state index contributed by atoms with van der Waals surface area (Å²) in [6.07, 6.45) is 2.17. The van der Waals surface area contributed by atoms with Crippen molar-refractivity contribution >= 4 is 34.2 Å². The monoisotopic (exact) mass is 478 g/mol. The molecule has 1 aliphatic heterocycles. The van der Waals surface area contributed by atoms with E-state index in [9.17, 15) is 9.59 Å². The molecule has 0 unspecified atom stereocenters. The molecule has 1 heterocycles. The van der Waals surface area contributed by atoms with Crippen LogP contribution in [0.25, 0.3) is 10.8 Å². The Hall–Kier alpha value is -2.93. The minimum atomic E-state index is -0.319. The maximum atomic E-state index is 13.3. The van der Waals surface area contributed by atoms with E-state index in [-0.39, 0.29) is 23.9 Å². The highest BCUT2D eigenvalue weighted by molar-refractivity contribution is 6.30. The Morgan fingerprint density at radius 3 is 2.62 bits per heavy atom. The predicted octanol–water partition coefficient (Wildman–Crippen LogP) is 3.72. The van der Waals surface area contributed by atoms with Crippen LogP contribution in [0.1, 0.15) is 35.2 Å². The van der Waals surface area contributed by atoms with Crippen molar-refractivity contribution in [3.05, 3.63) is 82.9 Å². The third-order valence-electron chi connectivity index (χ3n) is 6.30. The summed E-state index contributed by atoms with van der Waals surface area (Å²) in [4.78, 5) is 28.0. The molecule has 7 heteroatoms. The summed E-state index contributed by atoms with van der Waals surface area (Å²) in [5.41, 5.74) is 7.39. The highest BCUT2D eigenvalue weighted by Gasteiger charge is 2.30. The molecule has 0 radical (unpaired) electrons. The Morgan fingerprint density at radius 1 is 1.09 bits per heavy atom. The van der Waals surface area contributed by atoms with Crippen LogP contribution in [0, 0.1) is 0 Å². The van der Waals surface area contributed by atoms with Crippen LogP contribution in [0.15, 0.2) is 66.7 Å². The van der Waals surface area contributed by atoms with Gasteiger partial charge in [0, 0.05) is 36.3 Å². The Morgan fingerprint density at radius 2 is 1.85 bits per heavy atom. The van der Waals surface area contributed by atoms with Crippen molar-refractivity contribution in [2.75, 3.05) is 19.6 Å². The number of rotatable bonds is 8. The molecular weight excluding hydrogens is 448 g/mol. The molecule has 6 nitrogen and oxygen atoms in total. The molecule has 34 heavy (non-hydrogen) atoms. The summed E-state index contributed by atoms with van der Waals surface area (Å²) in [7, 11) is 0. The summed E-state index contributed by atoms with van der Waals surface area (Å²) in [6.45, 7) is 2.13. The Bertz CT molecular complexity index is 1130. The lowest BCUT2D eigenvalue weighted by atomic mass is 10.1. The maximum absolute atomic E-state index is 13.3. The van der Waals surface area contributed by atoms with Crippen molar-refractivity contribution in [2.45, 2.75) is 37.9 Å².